The van der Waals surface area contributed by atoms with E-state index in [4.69, 9.17) is 11.6 Å². The minimum Gasteiger partial charge on any atom is -0.492 e. The molecule has 24 heavy (non-hydrogen) atoms. The molecule has 2 aromatic heterocycles. The van der Waals surface area contributed by atoms with Gasteiger partial charge in [0.25, 0.3) is 0 Å². The van der Waals surface area contributed by atoms with Crippen molar-refractivity contribution >= 4 is 23.3 Å². The molecule has 8 heteroatoms. The van der Waals surface area contributed by atoms with E-state index < -0.39 is 0 Å². The molecule has 3 rings (SSSR count). The number of aromatic amines is 1. The third-order valence-electron chi connectivity index (χ3n) is 4.38. The normalized spacial score (nSPS) is 19.8. The molecule has 1 aliphatic rings. The van der Waals surface area contributed by atoms with Crippen LogP contribution in [0, 0.1) is 0 Å². The number of nitrogens with one attached hydrogen (secondary N) is 2. The molecule has 2 atom stereocenters. The number of pyridine rings is 1. The number of piperidine rings is 1. The second-order valence-electron chi connectivity index (χ2n) is 6.04. The number of aromatic nitrogens is 3. The number of amides is 1. The zero-order valence-corrected chi connectivity index (χ0v) is 14.1. The van der Waals surface area contributed by atoms with Crippen LogP contribution in [0.25, 0.3) is 0 Å². The van der Waals surface area contributed by atoms with E-state index in [0.29, 0.717) is 10.8 Å². The highest BCUT2D eigenvalue weighted by Gasteiger charge is 2.29. The number of carbonyl (C=O) groups is 1. The molecule has 0 bridgehead atoms. The van der Waals surface area contributed by atoms with Gasteiger partial charge in [-0.25, -0.2) is 4.98 Å². The summed E-state index contributed by atoms with van der Waals surface area (Å²) in [7, 11) is 0. The van der Waals surface area contributed by atoms with Gasteiger partial charge in [-0.3, -0.25) is 14.8 Å². The van der Waals surface area contributed by atoms with Crippen molar-refractivity contribution in [3.63, 3.8) is 0 Å². The Morgan fingerprint density at radius 1 is 1.54 bits per heavy atom. The lowest BCUT2D eigenvalue weighted by atomic mass is 9.94. The van der Waals surface area contributed by atoms with Crippen LogP contribution in [0.2, 0.25) is 5.02 Å². The van der Waals surface area contributed by atoms with Crippen molar-refractivity contribution < 1.29 is 9.90 Å². The van der Waals surface area contributed by atoms with Crippen LogP contribution in [-0.4, -0.2) is 50.2 Å². The Bertz CT molecular complexity index is 703. The van der Waals surface area contributed by atoms with E-state index in [0.717, 1.165) is 31.6 Å². The summed E-state index contributed by atoms with van der Waals surface area (Å²) in [5, 5.41) is 19.4. The standard InChI is InChI=1S/C16H20ClN5O2/c1-10(16(24)19-14-5-4-12(17)8-18-14)22-6-2-3-11(9-22)13-7-15(23)21-20-13/h4-5,7-8,10-11H,2-3,6,9H2,1H3,(H,18,19,24)(H2,20,21,23)/t10-,11?/m0/s1. The predicted molar refractivity (Wildman–Crippen MR) is 91.1 cm³/mol. The molecule has 0 radical (unpaired) electrons. The fraction of sp³-hybridized carbons (Fsp3) is 0.438. The van der Waals surface area contributed by atoms with Crippen LogP contribution in [0.5, 0.6) is 5.88 Å². The number of hydrogen-bond acceptors (Lipinski definition) is 5. The Morgan fingerprint density at radius 2 is 2.38 bits per heavy atom. The highest BCUT2D eigenvalue weighted by Crippen LogP contribution is 2.28. The van der Waals surface area contributed by atoms with Gasteiger partial charge in [0.1, 0.15) is 5.82 Å². The van der Waals surface area contributed by atoms with E-state index in [9.17, 15) is 9.90 Å². The number of anilines is 1. The highest BCUT2D eigenvalue weighted by molar-refractivity contribution is 6.30. The summed E-state index contributed by atoms with van der Waals surface area (Å²) in [5.74, 6) is 0.624. The Kier molecular flexibility index (Phi) is 5.01. The van der Waals surface area contributed by atoms with Gasteiger partial charge in [-0.15, -0.1) is 5.10 Å². The van der Waals surface area contributed by atoms with E-state index in [1.54, 1.807) is 18.2 Å². The van der Waals surface area contributed by atoms with Crippen LogP contribution >= 0.6 is 11.6 Å². The first-order valence-corrected chi connectivity index (χ1v) is 8.31. The van der Waals surface area contributed by atoms with E-state index in [-0.39, 0.29) is 23.7 Å². The van der Waals surface area contributed by atoms with Gasteiger partial charge in [-0.2, -0.15) is 0 Å². The minimum absolute atomic E-state index is 0.00160. The van der Waals surface area contributed by atoms with Crippen LogP contribution in [0.1, 0.15) is 31.4 Å². The third kappa shape index (κ3) is 3.85. The Hall–Kier alpha value is -2.12. The van der Waals surface area contributed by atoms with Crippen molar-refractivity contribution in [3.05, 3.63) is 35.1 Å². The second-order valence-corrected chi connectivity index (χ2v) is 6.48. The number of likely N-dealkylation sites (tertiary alicyclic amines) is 1. The molecule has 3 heterocycles. The lowest BCUT2D eigenvalue weighted by molar-refractivity contribution is -0.121. The molecule has 7 nitrogen and oxygen atoms in total. The van der Waals surface area contributed by atoms with E-state index in [1.165, 1.54) is 6.20 Å². The number of hydrogen-bond donors (Lipinski definition) is 3. The average Bonchev–Trinajstić information content (AvgIpc) is 3.03. The van der Waals surface area contributed by atoms with Crippen LogP contribution in [0.15, 0.2) is 24.4 Å². The third-order valence-corrected chi connectivity index (χ3v) is 4.61. The molecule has 128 valence electrons. The molecule has 1 unspecified atom stereocenters. The van der Waals surface area contributed by atoms with Gasteiger partial charge in [0.2, 0.25) is 11.8 Å². The van der Waals surface area contributed by atoms with Gasteiger partial charge in [0.15, 0.2) is 0 Å². The van der Waals surface area contributed by atoms with Gasteiger partial charge in [-0.1, -0.05) is 11.6 Å². The molecule has 0 aromatic carbocycles. The fourth-order valence-electron chi connectivity index (χ4n) is 2.99. The maximum absolute atomic E-state index is 12.5. The molecule has 1 fully saturated rings. The summed E-state index contributed by atoms with van der Waals surface area (Å²) in [6.45, 7) is 3.49. The zero-order chi connectivity index (χ0) is 17.1. The van der Waals surface area contributed by atoms with Gasteiger partial charge >= 0.3 is 0 Å². The van der Waals surface area contributed by atoms with E-state index >= 15 is 0 Å². The van der Waals surface area contributed by atoms with Gasteiger partial charge in [-0.05, 0) is 38.4 Å². The second kappa shape index (κ2) is 7.19. The van der Waals surface area contributed by atoms with Gasteiger partial charge in [0, 0.05) is 30.4 Å². The predicted octanol–water partition coefficient (Wildman–Crippen LogP) is 2.37. The highest BCUT2D eigenvalue weighted by atomic mass is 35.5. The largest absolute Gasteiger partial charge is 0.492 e. The number of nitrogens with zero attached hydrogens (tertiary/aromatic N) is 3. The maximum atomic E-state index is 12.5. The molecule has 0 spiro atoms. The molecular weight excluding hydrogens is 330 g/mol. The Balaban J connectivity index is 1.62. The first-order valence-electron chi connectivity index (χ1n) is 7.93. The molecule has 3 N–H and O–H groups in total. The van der Waals surface area contributed by atoms with Crippen LogP contribution in [0.3, 0.4) is 0 Å². The van der Waals surface area contributed by atoms with Crippen molar-refractivity contribution in [1.29, 1.82) is 0 Å². The summed E-state index contributed by atoms with van der Waals surface area (Å²) < 4.78 is 0. The lowest BCUT2D eigenvalue weighted by Crippen LogP contribution is -2.46. The van der Waals surface area contributed by atoms with Crippen molar-refractivity contribution in [2.24, 2.45) is 0 Å². The first kappa shape index (κ1) is 16.7. The summed E-state index contributed by atoms with van der Waals surface area (Å²) in [5.41, 5.74) is 0.907. The summed E-state index contributed by atoms with van der Waals surface area (Å²) in [4.78, 5) is 18.7. The maximum Gasteiger partial charge on any atom is 0.242 e. The smallest absolute Gasteiger partial charge is 0.242 e. The topological polar surface area (TPSA) is 94.1 Å². The van der Waals surface area contributed by atoms with Crippen molar-refractivity contribution in [2.45, 2.75) is 31.7 Å². The molecule has 1 aliphatic heterocycles. The van der Waals surface area contributed by atoms with E-state index in [1.807, 2.05) is 6.92 Å². The van der Waals surface area contributed by atoms with E-state index in [2.05, 4.69) is 25.4 Å². The van der Waals surface area contributed by atoms with Crippen LogP contribution < -0.4 is 5.32 Å². The molecule has 2 aromatic rings. The molecule has 1 saturated heterocycles. The summed E-state index contributed by atoms with van der Waals surface area (Å²) >= 11 is 5.80. The first-order chi connectivity index (χ1) is 11.5. The minimum atomic E-state index is -0.276. The lowest BCUT2D eigenvalue weighted by Gasteiger charge is -2.35. The number of halogens is 1. The summed E-state index contributed by atoms with van der Waals surface area (Å²) in [6, 6.07) is 4.74. The Morgan fingerprint density at radius 3 is 3.04 bits per heavy atom. The fourth-order valence-corrected chi connectivity index (χ4v) is 3.10. The van der Waals surface area contributed by atoms with Crippen LogP contribution in [-0.2, 0) is 4.79 Å². The SMILES string of the molecule is C[C@@H](C(=O)Nc1ccc(Cl)cn1)N1CCCC(c2cc(O)n[nH]2)C1. The Labute approximate surface area is 145 Å². The average molecular weight is 350 g/mol. The monoisotopic (exact) mass is 349 g/mol. The van der Waals surface area contributed by atoms with Gasteiger partial charge < -0.3 is 10.4 Å². The zero-order valence-electron chi connectivity index (χ0n) is 13.4. The number of carbonyl (C=O) groups excluding carboxylic acids is 1. The number of H-pyrrole nitrogens is 1. The van der Waals surface area contributed by atoms with Crippen LogP contribution in [0.4, 0.5) is 5.82 Å². The molecule has 0 aliphatic carbocycles. The van der Waals surface area contributed by atoms with Crippen molar-refractivity contribution in [1.82, 2.24) is 20.1 Å². The molecule has 0 saturated carbocycles. The number of aromatic hydroxyl groups is 1. The molecule has 1 amide bonds. The molecular formula is C16H20ClN5O2. The van der Waals surface area contributed by atoms with Crippen molar-refractivity contribution in [3.8, 4) is 5.88 Å². The van der Waals surface area contributed by atoms with Gasteiger partial charge in [0.05, 0.1) is 11.1 Å². The number of rotatable bonds is 4. The quantitative estimate of drug-likeness (QED) is 0.787. The summed E-state index contributed by atoms with van der Waals surface area (Å²) in [6.07, 6.45) is 3.50. The van der Waals surface area contributed by atoms with Crippen molar-refractivity contribution in [2.75, 3.05) is 18.4 Å².